The first-order valence-corrected chi connectivity index (χ1v) is 11.6. The average molecular weight is 336 g/mol. The van der Waals surface area contributed by atoms with E-state index in [9.17, 15) is 4.55 Å². The van der Waals surface area contributed by atoms with Gasteiger partial charge in [-0.15, -0.1) is 0 Å². The molecule has 126 valence electrons. The van der Waals surface area contributed by atoms with Gasteiger partial charge in [-0.1, -0.05) is 25.2 Å². The summed E-state index contributed by atoms with van der Waals surface area (Å²) < 4.78 is 26.8. The highest BCUT2D eigenvalue weighted by molar-refractivity contribution is 7.91. The molecule has 0 saturated heterocycles. The molecule has 0 unspecified atom stereocenters. The van der Waals surface area contributed by atoms with Crippen LogP contribution in [0.4, 0.5) is 0 Å². The summed E-state index contributed by atoms with van der Waals surface area (Å²) in [6, 6.07) is 0. The lowest BCUT2D eigenvalue weighted by Gasteiger charge is -2.36. The van der Waals surface area contributed by atoms with Gasteiger partial charge in [0.2, 0.25) is 0 Å². The Labute approximate surface area is 135 Å². The minimum atomic E-state index is -1.64. The molecule has 0 aliphatic rings. The van der Waals surface area contributed by atoms with Gasteiger partial charge in [-0.2, -0.15) is 0 Å². The molecule has 0 aliphatic carbocycles. The Balaban J connectivity index is 3.74. The maximum Gasteiger partial charge on any atom is 0.191 e. The van der Waals surface area contributed by atoms with Crippen molar-refractivity contribution in [2.45, 2.75) is 70.8 Å². The van der Waals surface area contributed by atoms with Crippen molar-refractivity contribution < 1.29 is 13.7 Å². The number of rotatable bonds is 8. The Kier molecular flexibility index (Phi) is 8.72. The molecule has 0 bridgehead atoms. The zero-order chi connectivity index (χ0) is 16.7. The summed E-state index contributed by atoms with van der Waals surface area (Å²) in [5.74, 6) is 0. The molecule has 0 amide bonds. The molecule has 0 aromatic rings. The fourth-order valence-corrected chi connectivity index (χ4v) is 2.70. The zero-order valence-electron chi connectivity index (χ0n) is 15.0. The monoisotopic (exact) mass is 335 g/mol. The average Bonchev–Trinajstić information content (AvgIpc) is 2.29. The molecule has 0 aromatic carbocycles. The topological polar surface area (TPSA) is 53.9 Å². The summed E-state index contributed by atoms with van der Waals surface area (Å²) in [7, 11) is -1.64. The van der Waals surface area contributed by atoms with Gasteiger partial charge in [-0.3, -0.25) is 0 Å². The molecule has 0 aliphatic heterocycles. The SMILES string of the molecule is CC(C)(C)[S@+]([O-])N=CCOCCCO[Si](C)(C)C(C)(C)C. The molecule has 0 radical (unpaired) electrons. The van der Waals surface area contributed by atoms with Gasteiger partial charge in [0.25, 0.3) is 0 Å². The van der Waals surface area contributed by atoms with Gasteiger partial charge in [-0.05, 0) is 45.3 Å². The van der Waals surface area contributed by atoms with E-state index >= 15 is 0 Å². The van der Waals surface area contributed by atoms with Crippen molar-refractivity contribution in [3.8, 4) is 0 Å². The quantitative estimate of drug-likeness (QED) is 0.292. The van der Waals surface area contributed by atoms with Gasteiger partial charge in [0.1, 0.15) is 16.1 Å². The van der Waals surface area contributed by atoms with Crippen LogP contribution in [0.3, 0.4) is 0 Å². The van der Waals surface area contributed by atoms with Crippen LogP contribution in [0.15, 0.2) is 4.40 Å². The van der Waals surface area contributed by atoms with Crippen molar-refractivity contribution in [1.82, 2.24) is 0 Å². The summed E-state index contributed by atoms with van der Waals surface area (Å²) >= 11 is -1.20. The maximum absolute atomic E-state index is 11.6. The molecule has 6 heteroatoms. The maximum atomic E-state index is 11.6. The lowest BCUT2D eigenvalue weighted by atomic mass is 10.2. The molecule has 0 saturated carbocycles. The Hall–Kier alpha value is 0.117. The first kappa shape index (κ1) is 21.1. The van der Waals surface area contributed by atoms with Crippen LogP contribution in [0.25, 0.3) is 0 Å². The minimum Gasteiger partial charge on any atom is -0.591 e. The van der Waals surface area contributed by atoms with Gasteiger partial charge in [0.15, 0.2) is 8.32 Å². The van der Waals surface area contributed by atoms with Crippen molar-refractivity contribution in [2.24, 2.45) is 4.40 Å². The van der Waals surface area contributed by atoms with Crippen molar-refractivity contribution in [1.29, 1.82) is 0 Å². The molecule has 0 N–H and O–H groups in total. The van der Waals surface area contributed by atoms with Crippen LogP contribution in [-0.4, -0.2) is 43.7 Å². The largest absolute Gasteiger partial charge is 0.591 e. The second kappa shape index (κ2) is 8.67. The highest BCUT2D eigenvalue weighted by atomic mass is 32.2. The molecule has 0 spiro atoms. The zero-order valence-corrected chi connectivity index (χ0v) is 16.8. The minimum absolute atomic E-state index is 0.248. The first-order chi connectivity index (χ1) is 9.38. The molecule has 21 heavy (non-hydrogen) atoms. The number of hydrogen-bond acceptors (Lipinski definition) is 4. The van der Waals surface area contributed by atoms with Crippen LogP contribution in [0.2, 0.25) is 18.1 Å². The van der Waals surface area contributed by atoms with Crippen LogP contribution >= 0.6 is 0 Å². The lowest BCUT2D eigenvalue weighted by molar-refractivity contribution is 0.149. The first-order valence-electron chi connectivity index (χ1n) is 7.54. The standard InChI is InChI=1S/C15H33NO3SSi/c1-14(2,3)20(17)16-10-13-18-11-9-12-19-21(7,8)15(4,5)6/h10H,9,11-13H2,1-8H3/t20-/m0/s1. The number of nitrogens with zero attached hydrogens (tertiary/aromatic N) is 1. The summed E-state index contributed by atoms with van der Waals surface area (Å²) in [5.41, 5.74) is 0. The smallest absolute Gasteiger partial charge is 0.191 e. The van der Waals surface area contributed by atoms with Gasteiger partial charge >= 0.3 is 0 Å². The second-order valence-corrected chi connectivity index (χ2v) is 14.4. The predicted molar refractivity (Wildman–Crippen MR) is 95.0 cm³/mol. The van der Waals surface area contributed by atoms with E-state index in [4.69, 9.17) is 9.16 Å². The van der Waals surface area contributed by atoms with Crippen molar-refractivity contribution >= 4 is 25.9 Å². The second-order valence-electron chi connectivity index (χ2n) is 7.69. The third-order valence-corrected chi connectivity index (χ3v) is 9.52. The third kappa shape index (κ3) is 8.98. The van der Waals surface area contributed by atoms with Crippen LogP contribution < -0.4 is 0 Å². The summed E-state index contributed by atoms with van der Waals surface area (Å²) in [6.07, 6.45) is 2.47. The highest BCUT2D eigenvalue weighted by Crippen LogP contribution is 2.36. The Morgan fingerprint density at radius 3 is 2.14 bits per heavy atom. The van der Waals surface area contributed by atoms with Crippen molar-refractivity contribution in [2.75, 3.05) is 19.8 Å². The molecule has 0 fully saturated rings. The molecule has 0 aromatic heterocycles. The summed E-state index contributed by atoms with van der Waals surface area (Å²) in [4.78, 5) is 0. The summed E-state index contributed by atoms with van der Waals surface area (Å²) in [5, 5.41) is 0.248. The van der Waals surface area contributed by atoms with E-state index in [1.54, 1.807) is 6.21 Å². The van der Waals surface area contributed by atoms with E-state index in [1.165, 1.54) is 0 Å². The Morgan fingerprint density at radius 1 is 1.10 bits per heavy atom. The predicted octanol–water partition coefficient (Wildman–Crippen LogP) is 3.95. The van der Waals surface area contributed by atoms with Crippen LogP contribution in [0.5, 0.6) is 0 Å². The normalized spacial score (nSPS) is 15.7. The third-order valence-electron chi connectivity index (χ3n) is 3.59. The van der Waals surface area contributed by atoms with E-state index in [2.05, 4.69) is 38.3 Å². The van der Waals surface area contributed by atoms with Crippen molar-refractivity contribution in [3.63, 3.8) is 0 Å². The van der Waals surface area contributed by atoms with E-state index in [0.29, 0.717) is 13.2 Å². The number of hydrogen-bond donors (Lipinski definition) is 0. The highest BCUT2D eigenvalue weighted by Gasteiger charge is 2.36. The van der Waals surface area contributed by atoms with Gasteiger partial charge in [0, 0.05) is 13.2 Å². The van der Waals surface area contributed by atoms with Crippen LogP contribution in [-0.2, 0) is 20.5 Å². The molecular weight excluding hydrogens is 302 g/mol. The van der Waals surface area contributed by atoms with E-state index < -0.39 is 19.7 Å². The van der Waals surface area contributed by atoms with Crippen LogP contribution in [0, 0.1) is 0 Å². The molecule has 1 atom stereocenters. The molecule has 0 heterocycles. The molecule has 0 rings (SSSR count). The van der Waals surface area contributed by atoms with E-state index in [0.717, 1.165) is 13.0 Å². The summed E-state index contributed by atoms with van der Waals surface area (Å²) in [6.45, 7) is 18.7. The Morgan fingerprint density at radius 2 is 1.67 bits per heavy atom. The van der Waals surface area contributed by atoms with Crippen molar-refractivity contribution in [3.05, 3.63) is 0 Å². The van der Waals surface area contributed by atoms with Gasteiger partial charge in [0.05, 0.1) is 12.8 Å². The fourth-order valence-electron chi connectivity index (χ4n) is 1.10. The van der Waals surface area contributed by atoms with E-state index in [-0.39, 0.29) is 9.79 Å². The van der Waals surface area contributed by atoms with Gasteiger partial charge in [-0.25, -0.2) is 0 Å². The van der Waals surface area contributed by atoms with Crippen LogP contribution in [0.1, 0.15) is 48.0 Å². The molecule has 4 nitrogen and oxygen atoms in total. The Bertz CT molecular complexity index is 322. The fraction of sp³-hybridized carbons (Fsp3) is 0.933. The molecular formula is C15H33NO3SSi. The van der Waals surface area contributed by atoms with Gasteiger partial charge < -0.3 is 13.7 Å². The van der Waals surface area contributed by atoms with E-state index in [1.807, 2.05) is 20.8 Å². The number of ether oxygens (including phenoxy) is 1. The lowest BCUT2D eigenvalue weighted by Crippen LogP contribution is -2.41.